The van der Waals surface area contributed by atoms with Gasteiger partial charge in [0.15, 0.2) is 5.60 Å². The van der Waals surface area contributed by atoms with E-state index in [2.05, 4.69) is 0 Å². The Kier molecular flexibility index (Phi) is 3.16. The van der Waals surface area contributed by atoms with Crippen LogP contribution in [-0.4, -0.2) is 27.3 Å². The van der Waals surface area contributed by atoms with E-state index in [1.807, 2.05) is 0 Å². The van der Waals surface area contributed by atoms with E-state index in [-0.39, 0.29) is 35.0 Å². The summed E-state index contributed by atoms with van der Waals surface area (Å²) in [4.78, 5) is 24.7. The van der Waals surface area contributed by atoms with Gasteiger partial charge in [-0.1, -0.05) is 18.2 Å². The normalized spacial score (nSPS) is 24.6. The first-order valence-electron chi connectivity index (χ1n) is 8.63. The Labute approximate surface area is 158 Å². The Balaban J connectivity index is 1.90. The number of carboxylic acid groups (broad SMARTS) is 1. The van der Waals surface area contributed by atoms with Crippen molar-refractivity contribution in [2.75, 3.05) is 0 Å². The highest BCUT2D eigenvalue weighted by atomic mass is 16.6. The molecule has 2 aromatic carbocycles. The van der Waals surface area contributed by atoms with Gasteiger partial charge in [0.05, 0.1) is 17.2 Å². The fourth-order valence-corrected chi connectivity index (χ4v) is 4.25. The van der Waals surface area contributed by atoms with Crippen LogP contribution < -0.4 is 4.74 Å². The summed E-state index contributed by atoms with van der Waals surface area (Å²) in [6.45, 7) is 0. The Morgan fingerprint density at radius 2 is 1.89 bits per heavy atom. The van der Waals surface area contributed by atoms with E-state index in [0.717, 1.165) is 0 Å². The first kappa shape index (κ1) is 16.4. The van der Waals surface area contributed by atoms with Crippen molar-refractivity contribution in [2.24, 2.45) is 5.92 Å². The van der Waals surface area contributed by atoms with Crippen molar-refractivity contribution in [3.8, 4) is 11.5 Å². The van der Waals surface area contributed by atoms with Gasteiger partial charge in [0.25, 0.3) is 0 Å². The molecule has 3 aliphatic rings. The van der Waals surface area contributed by atoms with Gasteiger partial charge in [0.1, 0.15) is 17.3 Å². The van der Waals surface area contributed by atoms with E-state index >= 15 is 0 Å². The highest BCUT2D eigenvalue weighted by Gasteiger charge is 2.58. The van der Waals surface area contributed by atoms with Crippen molar-refractivity contribution in [2.45, 2.75) is 12.0 Å². The summed E-state index contributed by atoms with van der Waals surface area (Å²) in [5.74, 6) is -2.79. The average Bonchev–Trinajstić information content (AvgIpc) is 2.94. The number of aliphatic hydroxyl groups is 1. The number of hydrogen-bond acceptors (Lipinski definition) is 6. The smallest absolute Gasteiger partial charge is 0.340 e. The van der Waals surface area contributed by atoms with E-state index in [4.69, 9.17) is 9.47 Å². The number of hydrogen-bond donors (Lipinski definition) is 3. The molecule has 0 aromatic heterocycles. The number of benzene rings is 2. The number of esters is 1. The molecule has 0 fully saturated rings. The maximum Gasteiger partial charge on any atom is 0.340 e. The molecule has 1 aliphatic carbocycles. The van der Waals surface area contributed by atoms with Gasteiger partial charge in [-0.05, 0) is 18.2 Å². The van der Waals surface area contributed by atoms with Gasteiger partial charge in [-0.2, -0.15) is 0 Å². The highest BCUT2D eigenvalue weighted by Crippen LogP contribution is 2.57. The van der Waals surface area contributed by atoms with E-state index in [1.165, 1.54) is 18.2 Å². The monoisotopic (exact) mass is 378 g/mol. The molecule has 0 bridgehead atoms. The lowest BCUT2D eigenvalue weighted by Gasteiger charge is -2.41. The lowest BCUT2D eigenvalue weighted by atomic mass is 9.70. The first-order chi connectivity index (χ1) is 13.4. The van der Waals surface area contributed by atoms with Gasteiger partial charge in [0.2, 0.25) is 0 Å². The van der Waals surface area contributed by atoms with Gasteiger partial charge in [-0.25, -0.2) is 4.79 Å². The third-order valence-corrected chi connectivity index (χ3v) is 5.34. The Morgan fingerprint density at radius 1 is 1.11 bits per heavy atom. The van der Waals surface area contributed by atoms with Crippen LogP contribution in [-0.2, 0) is 15.1 Å². The topological polar surface area (TPSA) is 113 Å². The van der Waals surface area contributed by atoms with Crippen LogP contribution in [0.4, 0.5) is 0 Å². The number of allylic oxidation sites excluding steroid dienone is 2. The van der Waals surface area contributed by atoms with Crippen LogP contribution in [0.15, 0.2) is 65.6 Å². The zero-order chi connectivity index (χ0) is 19.6. The van der Waals surface area contributed by atoms with Crippen molar-refractivity contribution in [3.63, 3.8) is 0 Å². The standard InChI is InChI=1S/C21H14O7/c22-10-5-6-15-16(8-10)27-17-9-11(23)7-13(19(24)25)18(17)21(15)14-4-2-1-3-12(14)20(26)28-21/h1-6,8-9,13,22-23H,7H2,(H,24,25). The molecular formula is C21H14O7. The number of aromatic hydroxyl groups is 1. The number of carboxylic acids is 1. The molecule has 5 rings (SSSR count). The summed E-state index contributed by atoms with van der Waals surface area (Å²) in [6, 6.07) is 11.1. The largest absolute Gasteiger partial charge is 0.512 e. The molecule has 28 heavy (non-hydrogen) atoms. The fraction of sp³-hybridized carbons (Fsp3) is 0.143. The molecular weight excluding hydrogens is 364 g/mol. The molecule has 140 valence electrons. The predicted octanol–water partition coefficient (Wildman–Crippen LogP) is 3.00. The SMILES string of the molecule is O=C1OC2(C3=C(C=C(O)CC3C(=O)O)Oc3cc(O)ccc32)c2ccccc21. The van der Waals surface area contributed by atoms with Crippen LogP contribution in [0.2, 0.25) is 0 Å². The fourth-order valence-electron chi connectivity index (χ4n) is 4.25. The van der Waals surface area contributed by atoms with Crippen LogP contribution in [0.1, 0.15) is 27.9 Å². The minimum absolute atomic E-state index is 0.0608. The summed E-state index contributed by atoms with van der Waals surface area (Å²) >= 11 is 0. The molecule has 2 heterocycles. The Bertz CT molecular complexity index is 1130. The summed E-state index contributed by atoms with van der Waals surface area (Å²) < 4.78 is 11.7. The highest BCUT2D eigenvalue weighted by molar-refractivity contribution is 5.97. The molecule has 7 heteroatoms. The number of fused-ring (bicyclic) bond motifs is 5. The zero-order valence-electron chi connectivity index (χ0n) is 14.4. The van der Waals surface area contributed by atoms with Gasteiger partial charge >= 0.3 is 11.9 Å². The Morgan fingerprint density at radius 3 is 2.68 bits per heavy atom. The quantitative estimate of drug-likeness (QED) is 0.654. The van der Waals surface area contributed by atoms with Crippen molar-refractivity contribution >= 4 is 11.9 Å². The number of rotatable bonds is 1. The number of aliphatic hydroxyl groups excluding tert-OH is 1. The lowest BCUT2D eigenvalue weighted by Crippen LogP contribution is -2.41. The van der Waals surface area contributed by atoms with Crippen molar-refractivity contribution in [3.05, 3.63) is 82.3 Å². The van der Waals surface area contributed by atoms with E-state index < -0.39 is 23.5 Å². The molecule has 1 spiro atoms. The van der Waals surface area contributed by atoms with Crippen LogP contribution in [0.3, 0.4) is 0 Å². The van der Waals surface area contributed by atoms with Crippen LogP contribution in [0, 0.1) is 5.92 Å². The van der Waals surface area contributed by atoms with E-state index in [1.54, 1.807) is 30.3 Å². The third kappa shape index (κ3) is 1.98. The Hall–Kier alpha value is -3.74. The van der Waals surface area contributed by atoms with Gasteiger partial charge in [-0.15, -0.1) is 0 Å². The summed E-state index contributed by atoms with van der Waals surface area (Å²) in [5, 5.41) is 29.8. The zero-order valence-corrected chi connectivity index (χ0v) is 14.4. The second-order valence-corrected chi connectivity index (χ2v) is 6.91. The second-order valence-electron chi connectivity index (χ2n) is 6.91. The van der Waals surface area contributed by atoms with E-state index in [0.29, 0.717) is 16.7 Å². The summed E-state index contributed by atoms with van der Waals surface area (Å²) in [6.07, 6.45) is 1.19. The molecule has 2 unspecified atom stereocenters. The number of carbonyl (C=O) groups is 2. The maximum absolute atomic E-state index is 12.7. The molecule has 0 amide bonds. The van der Waals surface area contributed by atoms with Gasteiger partial charge in [-0.3, -0.25) is 4.79 Å². The number of phenols is 1. The van der Waals surface area contributed by atoms with E-state index in [9.17, 15) is 24.9 Å². The molecule has 2 atom stereocenters. The van der Waals surface area contributed by atoms with Gasteiger partial charge < -0.3 is 24.8 Å². The average molecular weight is 378 g/mol. The second kappa shape index (κ2) is 5.39. The molecule has 0 radical (unpaired) electrons. The minimum atomic E-state index is -1.51. The molecule has 0 saturated carbocycles. The van der Waals surface area contributed by atoms with Crippen LogP contribution in [0.25, 0.3) is 0 Å². The minimum Gasteiger partial charge on any atom is -0.512 e. The summed E-state index contributed by atoms with van der Waals surface area (Å²) in [7, 11) is 0. The lowest BCUT2D eigenvalue weighted by molar-refractivity contribution is -0.141. The number of carbonyl (C=O) groups excluding carboxylic acids is 1. The molecule has 7 nitrogen and oxygen atoms in total. The van der Waals surface area contributed by atoms with Crippen molar-refractivity contribution in [1.29, 1.82) is 0 Å². The maximum atomic E-state index is 12.7. The third-order valence-electron chi connectivity index (χ3n) is 5.34. The number of aliphatic carboxylic acids is 1. The van der Waals surface area contributed by atoms with Crippen LogP contribution >= 0.6 is 0 Å². The van der Waals surface area contributed by atoms with Crippen molar-refractivity contribution in [1.82, 2.24) is 0 Å². The summed E-state index contributed by atoms with van der Waals surface area (Å²) in [5.41, 5.74) is -0.00970. The number of ether oxygens (including phenoxy) is 2. The molecule has 2 aromatic rings. The van der Waals surface area contributed by atoms with Gasteiger partial charge in [0, 0.05) is 35.3 Å². The van der Waals surface area contributed by atoms with Crippen molar-refractivity contribution < 1.29 is 34.4 Å². The number of phenolic OH excluding ortho intramolecular Hbond substituents is 1. The molecule has 2 aliphatic heterocycles. The van der Waals surface area contributed by atoms with Crippen LogP contribution in [0.5, 0.6) is 11.5 Å². The first-order valence-corrected chi connectivity index (χ1v) is 8.63. The molecule has 0 saturated heterocycles. The molecule has 3 N–H and O–H groups in total. The predicted molar refractivity (Wildman–Crippen MR) is 94.9 cm³/mol.